The van der Waals surface area contributed by atoms with Gasteiger partial charge in [0.2, 0.25) is 5.91 Å². The predicted molar refractivity (Wildman–Crippen MR) is 109 cm³/mol. The minimum Gasteiger partial charge on any atom is -0.484 e. The lowest BCUT2D eigenvalue weighted by Crippen LogP contribution is -2.43. The summed E-state index contributed by atoms with van der Waals surface area (Å²) in [6.07, 6.45) is 2.77. The molecule has 2 amide bonds. The smallest absolute Gasteiger partial charge is 0.260 e. The van der Waals surface area contributed by atoms with E-state index < -0.39 is 0 Å². The van der Waals surface area contributed by atoms with Crippen molar-refractivity contribution in [3.05, 3.63) is 60.9 Å². The zero-order valence-electron chi connectivity index (χ0n) is 16.3. The summed E-state index contributed by atoms with van der Waals surface area (Å²) in [5.41, 5.74) is 1.52. The summed E-state index contributed by atoms with van der Waals surface area (Å²) >= 11 is 0. The lowest BCUT2D eigenvalue weighted by atomic mass is 9.95. The number of rotatable bonds is 6. The van der Waals surface area contributed by atoms with Gasteiger partial charge >= 0.3 is 0 Å². The van der Waals surface area contributed by atoms with Gasteiger partial charge in [-0.1, -0.05) is 18.2 Å². The highest BCUT2D eigenvalue weighted by Gasteiger charge is 2.27. The zero-order valence-corrected chi connectivity index (χ0v) is 16.3. The van der Waals surface area contributed by atoms with Gasteiger partial charge in [-0.25, -0.2) is 4.68 Å². The molecule has 9 nitrogen and oxygen atoms in total. The number of amides is 2. The Balaban J connectivity index is 1.23. The molecule has 1 aliphatic rings. The Hall–Kier alpha value is -3.75. The predicted octanol–water partition coefficient (Wildman–Crippen LogP) is 1.92. The molecule has 0 spiro atoms. The molecule has 4 rings (SSSR count). The molecule has 0 radical (unpaired) electrons. The molecule has 1 saturated heterocycles. The lowest BCUT2D eigenvalue weighted by molar-refractivity contribution is -0.136. The summed E-state index contributed by atoms with van der Waals surface area (Å²) < 4.78 is 7.07. The molecule has 1 aromatic heterocycles. The Morgan fingerprint density at radius 3 is 2.43 bits per heavy atom. The second-order valence-corrected chi connectivity index (χ2v) is 7.05. The van der Waals surface area contributed by atoms with Crippen LogP contribution >= 0.6 is 0 Å². The molecule has 1 N–H and O–H groups in total. The average molecular weight is 406 g/mol. The molecule has 3 aromatic rings. The number of ether oxygens (including phenoxy) is 1. The van der Waals surface area contributed by atoms with Crippen molar-refractivity contribution in [2.24, 2.45) is 5.92 Å². The van der Waals surface area contributed by atoms with Crippen LogP contribution in [0.1, 0.15) is 12.8 Å². The van der Waals surface area contributed by atoms with E-state index in [0.717, 1.165) is 5.69 Å². The average Bonchev–Trinajstić information content (AvgIpc) is 3.34. The summed E-state index contributed by atoms with van der Waals surface area (Å²) in [6, 6.07) is 16.6. The van der Waals surface area contributed by atoms with E-state index in [-0.39, 0.29) is 24.3 Å². The molecule has 0 saturated carbocycles. The van der Waals surface area contributed by atoms with E-state index in [1.54, 1.807) is 9.58 Å². The Kier molecular flexibility index (Phi) is 5.98. The molecule has 9 heteroatoms. The number of benzene rings is 2. The largest absolute Gasteiger partial charge is 0.484 e. The van der Waals surface area contributed by atoms with Crippen molar-refractivity contribution in [3.8, 4) is 11.4 Å². The zero-order chi connectivity index (χ0) is 20.8. The maximum absolute atomic E-state index is 12.6. The number of tetrazole rings is 1. The van der Waals surface area contributed by atoms with Crippen LogP contribution in [-0.4, -0.2) is 56.6 Å². The number of hydrogen-bond acceptors (Lipinski definition) is 6. The maximum atomic E-state index is 12.6. The van der Waals surface area contributed by atoms with E-state index in [9.17, 15) is 9.59 Å². The van der Waals surface area contributed by atoms with Gasteiger partial charge in [0, 0.05) is 24.7 Å². The third-order valence-corrected chi connectivity index (χ3v) is 5.07. The molecular weight excluding hydrogens is 384 g/mol. The number of nitrogens with one attached hydrogen (secondary N) is 1. The van der Waals surface area contributed by atoms with Crippen LogP contribution in [0.5, 0.6) is 5.75 Å². The Bertz CT molecular complexity index is 968. The first-order valence-electron chi connectivity index (χ1n) is 9.79. The quantitative estimate of drug-likeness (QED) is 0.671. The monoisotopic (exact) mass is 406 g/mol. The van der Waals surface area contributed by atoms with Gasteiger partial charge in [-0.15, -0.1) is 5.10 Å². The molecular formula is C21H22N6O3. The standard InChI is InChI=1S/C21H22N6O3/c28-20(14-30-19-4-2-1-3-5-19)26-12-10-16(11-13-26)21(29)23-17-6-8-18(9-7-17)27-15-22-24-25-27/h1-9,15-16H,10-14H2,(H,23,29). The lowest BCUT2D eigenvalue weighted by Gasteiger charge is -2.31. The molecule has 0 bridgehead atoms. The van der Waals surface area contributed by atoms with Crippen LogP contribution < -0.4 is 10.1 Å². The summed E-state index contributed by atoms with van der Waals surface area (Å²) in [5, 5.41) is 14.0. The molecule has 2 aromatic carbocycles. The SMILES string of the molecule is O=C(Nc1ccc(-n2cnnn2)cc1)C1CCN(C(=O)COc2ccccc2)CC1. The summed E-state index contributed by atoms with van der Waals surface area (Å²) in [6.45, 7) is 1.11. The van der Waals surface area contributed by atoms with Crippen LogP contribution in [0.15, 0.2) is 60.9 Å². The topological polar surface area (TPSA) is 102 Å². The Labute approximate surface area is 173 Å². The van der Waals surface area contributed by atoms with Gasteiger partial charge < -0.3 is 15.0 Å². The number of para-hydroxylation sites is 1. The van der Waals surface area contributed by atoms with Crippen molar-refractivity contribution in [2.45, 2.75) is 12.8 Å². The van der Waals surface area contributed by atoms with Gasteiger partial charge in [-0.3, -0.25) is 9.59 Å². The molecule has 1 aliphatic heterocycles. The van der Waals surface area contributed by atoms with Crippen LogP contribution in [0, 0.1) is 5.92 Å². The summed E-state index contributed by atoms with van der Waals surface area (Å²) in [4.78, 5) is 26.7. The van der Waals surface area contributed by atoms with E-state index in [0.29, 0.717) is 37.4 Å². The molecule has 0 atom stereocenters. The van der Waals surface area contributed by atoms with E-state index >= 15 is 0 Å². The van der Waals surface area contributed by atoms with Crippen molar-refractivity contribution in [2.75, 3.05) is 25.0 Å². The van der Waals surface area contributed by atoms with Gasteiger partial charge in [-0.05, 0) is 59.7 Å². The first kappa shape index (κ1) is 19.6. The van der Waals surface area contributed by atoms with E-state index in [2.05, 4.69) is 20.8 Å². The highest BCUT2D eigenvalue weighted by molar-refractivity contribution is 5.92. The number of carbonyl (C=O) groups is 2. The number of carbonyl (C=O) groups excluding carboxylic acids is 2. The molecule has 0 unspecified atom stereocenters. The van der Waals surface area contributed by atoms with Gasteiger partial charge in [0.1, 0.15) is 12.1 Å². The van der Waals surface area contributed by atoms with E-state index in [1.165, 1.54) is 6.33 Å². The number of likely N-dealkylation sites (tertiary alicyclic amines) is 1. The number of hydrogen-bond donors (Lipinski definition) is 1. The molecule has 154 valence electrons. The molecule has 1 fully saturated rings. The minimum absolute atomic E-state index is 0.00845. The first-order chi connectivity index (χ1) is 14.7. The van der Waals surface area contributed by atoms with Gasteiger partial charge in [0.15, 0.2) is 6.61 Å². The molecule has 2 heterocycles. The minimum atomic E-state index is -0.122. The summed E-state index contributed by atoms with van der Waals surface area (Å²) in [7, 11) is 0. The highest BCUT2D eigenvalue weighted by Crippen LogP contribution is 2.20. The fraction of sp³-hybridized carbons (Fsp3) is 0.286. The van der Waals surface area contributed by atoms with Crippen LogP contribution in [-0.2, 0) is 9.59 Å². The number of piperidine rings is 1. The maximum Gasteiger partial charge on any atom is 0.260 e. The van der Waals surface area contributed by atoms with Gasteiger partial charge in [-0.2, -0.15) is 0 Å². The van der Waals surface area contributed by atoms with Crippen LogP contribution in [0.4, 0.5) is 5.69 Å². The number of nitrogens with zero attached hydrogens (tertiary/aromatic N) is 5. The fourth-order valence-electron chi connectivity index (χ4n) is 3.37. The third-order valence-electron chi connectivity index (χ3n) is 5.07. The van der Waals surface area contributed by atoms with Crippen LogP contribution in [0.2, 0.25) is 0 Å². The third kappa shape index (κ3) is 4.80. The molecule has 0 aliphatic carbocycles. The van der Waals surface area contributed by atoms with Gasteiger partial charge in [0.25, 0.3) is 5.91 Å². The Morgan fingerprint density at radius 1 is 1.03 bits per heavy atom. The normalized spacial score (nSPS) is 14.3. The second kappa shape index (κ2) is 9.17. The first-order valence-corrected chi connectivity index (χ1v) is 9.79. The summed E-state index contributed by atoms with van der Waals surface area (Å²) in [5.74, 6) is 0.461. The van der Waals surface area contributed by atoms with Crippen molar-refractivity contribution in [3.63, 3.8) is 0 Å². The van der Waals surface area contributed by atoms with Crippen LogP contribution in [0.25, 0.3) is 5.69 Å². The fourth-order valence-corrected chi connectivity index (χ4v) is 3.37. The van der Waals surface area contributed by atoms with E-state index in [1.807, 2.05) is 54.6 Å². The van der Waals surface area contributed by atoms with Crippen molar-refractivity contribution in [1.29, 1.82) is 0 Å². The molecule has 30 heavy (non-hydrogen) atoms. The number of anilines is 1. The van der Waals surface area contributed by atoms with Crippen LogP contribution in [0.3, 0.4) is 0 Å². The van der Waals surface area contributed by atoms with Crippen molar-refractivity contribution < 1.29 is 14.3 Å². The van der Waals surface area contributed by atoms with Gasteiger partial charge in [0.05, 0.1) is 5.69 Å². The van der Waals surface area contributed by atoms with Crippen molar-refractivity contribution in [1.82, 2.24) is 25.1 Å². The van der Waals surface area contributed by atoms with E-state index in [4.69, 9.17) is 4.74 Å². The Morgan fingerprint density at radius 2 is 1.77 bits per heavy atom. The second-order valence-electron chi connectivity index (χ2n) is 7.05. The number of aromatic nitrogens is 4. The highest BCUT2D eigenvalue weighted by atomic mass is 16.5. The van der Waals surface area contributed by atoms with Crippen molar-refractivity contribution >= 4 is 17.5 Å².